The summed E-state index contributed by atoms with van der Waals surface area (Å²) in [5.74, 6) is -0.354. The number of aromatic hydroxyl groups is 1. The molecule has 2 aromatic rings. The van der Waals surface area contributed by atoms with E-state index in [1.807, 2.05) is 0 Å². The number of ketones is 1. The van der Waals surface area contributed by atoms with Gasteiger partial charge >= 0.3 is 0 Å². The third-order valence-corrected chi connectivity index (χ3v) is 3.07. The normalized spacial score (nSPS) is 10.7. The number of phenols is 1. The number of benzene rings is 2. The minimum atomic E-state index is -0.589. The Hall–Kier alpha value is -2.82. The van der Waals surface area contributed by atoms with Crippen molar-refractivity contribution >= 4 is 11.9 Å². The topological polar surface area (TPSA) is 55.8 Å². The van der Waals surface area contributed by atoms with Crippen LogP contribution in [0.25, 0.3) is 6.08 Å². The second kappa shape index (κ2) is 6.76. The van der Waals surface area contributed by atoms with Gasteiger partial charge in [-0.15, -0.1) is 0 Å². The van der Waals surface area contributed by atoms with Crippen LogP contribution in [0.5, 0.6) is 17.2 Å². The van der Waals surface area contributed by atoms with Crippen molar-refractivity contribution < 1.29 is 23.8 Å². The number of carbonyl (C=O) groups excluding carboxylic acids is 1. The van der Waals surface area contributed by atoms with E-state index >= 15 is 0 Å². The van der Waals surface area contributed by atoms with Crippen LogP contribution in [0.1, 0.15) is 15.9 Å². The molecule has 0 aliphatic carbocycles. The maximum Gasteiger partial charge on any atom is 0.189 e. The summed E-state index contributed by atoms with van der Waals surface area (Å²) in [5.41, 5.74) is 0.532. The van der Waals surface area contributed by atoms with Gasteiger partial charge in [-0.25, -0.2) is 4.39 Å². The molecule has 0 atom stereocenters. The summed E-state index contributed by atoms with van der Waals surface area (Å²) in [6.45, 7) is 0. The van der Waals surface area contributed by atoms with Crippen molar-refractivity contribution in [3.8, 4) is 17.2 Å². The van der Waals surface area contributed by atoms with E-state index < -0.39 is 11.6 Å². The van der Waals surface area contributed by atoms with Crippen LogP contribution in [-0.4, -0.2) is 25.1 Å². The molecule has 0 amide bonds. The Morgan fingerprint density at radius 2 is 1.95 bits per heavy atom. The van der Waals surface area contributed by atoms with Crippen molar-refractivity contribution in [3.63, 3.8) is 0 Å². The number of carbonyl (C=O) groups is 1. The predicted octanol–water partition coefficient (Wildman–Crippen LogP) is 3.44. The van der Waals surface area contributed by atoms with Gasteiger partial charge in [-0.05, 0) is 36.4 Å². The molecule has 0 radical (unpaired) electrons. The van der Waals surface area contributed by atoms with Gasteiger partial charge in [0.05, 0.1) is 19.8 Å². The Morgan fingerprint density at radius 3 is 2.64 bits per heavy atom. The largest absolute Gasteiger partial charge is 0.507 e. The number of phenolic OH excluding ortho intramolecular Hbond substituents is 1. The number of hydrogen-bond donors (Lipinski definition) is 1. The molecule has 0 bridgehead atoms. The van der Waals surface area contributed by atoms with E-state index in [2.05, 4.69) is 0 Å². The zero-order chi connectivity index (χ0) is 16.1. The first-order valence-corrected chi connectivity index (χ1v) is 6.48. The highest BCUT2D eigenvalue weighted by molar-refractivity contribution is 6.08. The molecule has 22 heavy (non-hydrogen) atoms. The molecule has 0 unspecified atom stereocenters. The van der Waals surface area contributed by atoms with Crippen LogP contribution in [0, 0.1) is 5.82 Å². The molecule has 4 nitrogen and oxygen atoms in total. The Morgan fingerprint density at radius 1 is 1.18 bits per heavy atom. The van der Waals surface area contributed by atoms with Crippen LogP contribution in [0.4, 0.5) is 4.39 Å². The summed E-state index contributed by atoms with van der Waals surface area (Å²) < 4.78 is 23.6. The highest BCUT2D eigenvalue weighted by Gasteiger charge is 2.11. The lowest BCUT2D eigenvalue weighted by Gasteiger charge is -2.09. The van der Waals surface area contributed by atoms with Gasteiger partial charge in [0, 0.05) is 5.56 Å². The average Bonchev–Trinajstić information content (AvgIpc) is 2.54. The van der Waals surface area contributed by atoms with Crippen LogP contribution in [0.15, 0.2) is 42.5 Å². The van der Waals surface area contributed by atoms with Crippen LogP contribution in [-0.2, 0) is 0 Å². The van der Waals surface area contributed by atoms with Gasteiger partial charge < -0.3 is 14.6 Å². The predicted molar refractivity (Wildman–Crippen MR) is 81.0 cm³/mol. The molecule has 0 heterocycles. The van der Waals surface area contributed by atoms with Gasteiger partial charge in [0.2, 0.25) is 0 Å². The van der Waals surface area contributed by atoms with Gasteiger partial charge in [-0.2, -0.15) is 0 Å². The fourth-order valence-corrected chi connectivity index (χ4v) is 2.00. The van der Waals surface area contributed by atoms with Gasteiger partial charge in [0.25, 0.3) is 0 Å². The molecule has 1 N–H and O–H groups in total. The van der Waals surface area contributed by atoms with Crippen LogP contribution in [0.2, 0.25) is 0 Å². The lowest BCUT2D eigenvalue weighted by Crippen LogP contribution is -1.97. The molecule has 2 rings (SSSR count). The van der Waals surface area contributed by atoms with E-state index in [0.29, 0.717) is 17.1 Å². The highest BCUT2D eigenvalue weighted by atomic mass is 19.1. The molecule has 0 aliphatic rings. The molecule has 114 valence electrons. The number of allylic oxidation sites excluding steroid dienone is 1. The Kier molecular flexibility index (Phi) is 4.78. The van der Waals surface area contributed by atoms with E-state index in [4.69, 9.17) is 9.47 Å². The summed E-state index contributed by atoms with van der Waals surface area (Å²) in [7, 11) is 3.01. The number of ether oxygens (including phenoxy) is 2. The lowest BCUT2D eigenvalue weighted by molar-refractivity contribution is 0.104. The Bertz CT molecular complexity index is 723. The molecular formula is C17H15FO4. The van der Waals surface area contributed by atoms with Gasteiger partial charge in [-0.3, -0.25) is 4.79 Å². The van der Waals surface area contributed by atoms with E-state index in [9.17, 15) is 14.3 Å². The Labute approximate surface area is 127 Å². The summed E-state index contributed by atoms with van der Waals surface area (Å²) in [6, 6.07) is 8.45. The van der Waals surface area contributed by atoms with E-state index in [1.165, 1.54) is 26.4 Å². The smallest absolute Gasteiger partial charge is 0.189 e. The zero-order valence-corrected chi connectivity index (χ0v) is 12.2. The minimum Gasteiger partial charge on any atom is -0.507 e. The SMILES string of the molecule is COc1cccc(C=CC(=O)c2cc(F)ccc2O)c1OC. The average molecular weight is 302 g/mol. The maximum atomic E-state index is 13.2. The van der Waals surface area contributed by atoms with Crippen LogP contribution in [0.3, 0.4) is 0 Å². The van der Waals surface area contributed by atoms with E-state index in [-0.39, 0.29) is 11.3 Å². The molecular weight excluding hydrogens is 287 g/mol. The van der Waals surface area contributed by atoms with Crippen molar-refractivity contribution in [3.05, 3.63) is 59.4 Å². The zero-order valence-electron chi connectivity index (χ0n) is 12.2. The standard InChI is InChI=1S/C17H15FO4/c1-21-16-5-3-4-11(17(16)22-2)6-8-14(19)13-10-12(18)7-9-15(13)20/h3-10,20H,1-2H3. The number of hydrogen-bond acceptors (Lipinski definition) is 4. The molecule has 0 fully saturated rings. The summed E-state index contributed by atoms with van der Waals surface area (Å²) in [5, 5.41) is 9.62. The summed E-state index contributed by atoms with van der Waals surface area (Å²) in [4.78, 5) is 12.1. The first kappa shape index (κ1) is 15.6. The monoisotopic (exact) mass is 302 g/mol. The van der Waals surface area contributed by atoms with Crippen molar-refractivity contribution in [1.29, 1.82) is 0 Å². The molecule has 0 saturated carbocycles. The van der Waals surface area contributed by atoms with Crippen molar-refractivity contribution in [2.24, 2.45) is 0 Å². The number of halogens is 1. The quantitative estimate of drug-likeness (QED) is 0.679. The lowest BCUT2D eigenvalue weighted by atomic mass is 10.1. The van der Waals surface area contributed by atoms with Crippen molar-refractivity contribution in [1.82, 2.24) is 0 Å². The molecule has 5 heteroatoms. The Balaban J connectivity index is 2.32. The van der Waals surface area contributed by atoms with E-state index in [0.717, 1.165) is 18.2 Å². The third-order valence-electron chi connectivity index (χ3n) is 3.07. The second-order valence-corrected chi connectivity index (χ2v) is 4.44. The summed E-state index contributed by atoms with van der Waals surface area (Å²) >= 11 is 0. The van der Waals surface area contributed by atoms with Crippen LogP contribution < -0.4 is 9.47 Å². The number of rotatable bonds is 5. The molecule has 0 saturated heterocycles. The number of para-hydroxylation sites is 1. The van der Waals surface area contributed by atoms with Gasteiger partial charge in [-0.1, -0.05) is 12.1 Å². The highest BCUT2D eigenvalue weighted by Crippen LogP contribution is 2.31. The fraction of sp³-hybridized carbons (Fsp3) is 0.118. The maximum absolute atomic E-state index is 13.2. The third kappa shape index (κ3) is 3.25. The van der Waals surface area contributed by atoms with E-state index in [1.54, 1.807) is 18.2 Å². The number of methoxy groups -OCH3 is 2. The minimum absolute atomic E-state index is 0.0990. The molecule has 2 aromatic carbocycles. The summed E-state index contributed by atoms with van der Waals surface area (Å²) in [6.07, 6.45) is 2.76. The second-order valence-electron chi connectivity index (χ2n) is 4.44. The molecule has 0 aliphatic heterocycles. The molecule has 0 aromatic heterocycles. The van der Waals surface area contributed by atoms with Crippen molar-refractivity contribution in [2.75, 3.05) is 14.2 Å². The van der Waals surface area contributed by atoms with Gasteiger partial charge in [0.15, 0.2) is 17.3 Å². The van der Waals surface area contributed by atoms with Crippen molar-refractivity contribution in [2.45, 2.75) is 0 Å². The first-order chi connectivity index (χ1) is 10.6. The van der Waals surface area contributed by atoms with Gasteiger partial charge in [0.1, 0.15) is 11.6 Å². The first-order valence-electron chi connectivity index (χ1n) is 6.48. The molecule has 0 spiro atoms. The fourth-order valence-electron chi connectivity index (χ4n) is 2.00. The van der Waals surface area contributed by atoms with Crippen LogP contribution >= 0.6 is 0 Å².